The van der Waals surface area contributed by atoms with E-state index in [9.17, 15) is 29.4 Å². The molecule has 35 heavy (non-hydrogen) atoms. The van der Waals surface area contributed by atoms with Gasteiger partial charge >= 0.3 is 17.9 Å². The number of aliphatic hydroxyl groups is 1. The van der Waals surface area contributed by atoms with Crippen molar-refractivity contribution in [2.75, 3.05) is 66.6 Å². The Morgan fingerprint density at radius 3 is 1.09 bits per heavy atom. The lowest BCUT2D eigenvalue weighted by Crippen LogP contribution is -2.55. The Labute approximate surface area is 208 Å². The van der Waals surface area contributed by atoms with E-state index in [2.05, 4.69) is 0 Å². The summed E-state index contributed by atoms with van der Waals surface area (Å²) in [5, 5.41) is 26.1. The minimum absolute atomic E-state index is 0.00829. The quantitative estimate of drug-likeness (QED) is 0.359. The summed E-state index contributed by atoms with van der Waals surface area (Å²) in [4.78, 5) is 55.2. The first-order chi connectivity index (χ1) is 16.4. The molecule has 12 heteroatoms. The van der Waals surface area contributed by atoms with Crippen LogP contribution in [0.3, 0.4) is 0 Å². The fourth-order valence-electron chi connectivity index (χ4n) is 3.91. The first-order valence-corrected chi connectivity index (χ1v) is 11.9. The number of rotatable bonds is 8. The minimum Gasteiger partial charge on any atom is -0.480 e. The number of nitrogens with zero attached hydrogens (tertiary/aromatic N) is 4. The minimum atomic E-state index is -0.964. The Morgan fingerprint density at radius 2 is 0.857 bits per heavy atom. The van der Waals surface area contributed by atoms with Gasteiger partial charge in [-0.1, -0.05) is 0 Å². The van der Waals surface area contributed by atoms with E-state index in [1.165, 1.54) is 14.0 Å². The third kappa shape index (κ3) is 10.6. The molecule has 1 fully saturated rings. The van der Waals surface area contributed by atoms with Gasteiger partial charge in [0, 0.05) is 59.5 Å². The number of ether oxygens (including phenoxy) is 1. The molecule has 4 atom stereocenters. The zero-order valence-electron chi connectivity index (χ0n) is 22.1. The molecule has 204 valence electrons. The molecule has 1 aliphatic rings. The van der Waals surface area contributed by atoms with Gasteiger partial charge in [0.2, 0.25) is 0 Å². The molecule has 0 aromatic rings. The van der Waals surface area contributed by atoms with E-state index in [-0.39, 0.29) is 17.8 Å². The lowest BCUT2D eigenvalue weighted by Gasteiger charge is -2.38. The maximum absolute atomic E-state index is 12.2. The summed E-state index contributed by atoms with van der Waals surface area (Å²) in [5.41, 5.74) is 0. The molecular formula is C23H44N4O8. The second-order valence-corrected chi connectivity index (χ2v) is 8.66. The van der Waals surface area contributed by atoms with Gasteiger partial charge in [0.1, 0.15) is 23.9 Å². The number of aliphatic hydroxyl groups excluding tert-OH is 1. The van der Waals surface area contributed by atoms with Crippen molar-refractivity contribution in [2.24, 2.45) is 0 Å². The number of ketones is 1. The zero-order chi connectivity index (χ0) is 27.3. The molecule has 4 unspecified atom stereocenters. The Morgan fingerprint density at radius 1 is 0.600 bits per heavy atom. The van der Waals surface area contributed by atoms with Gasteiger partial charge in [-0.3, -0.25) is 38.8 Å². The van der Waals surface area contributed by atoms with E-state index >= 15 is 0 Å². The second kappa shape index (κ2) is 16.5. The molecule has 3 N–H and O–H groups in total. The van der Waals surface area contributed by atoms with Crippen LogP contribution in [-0.4, -0.2) is 149 Å². The van der Waals surface area contributed by atoms with Crippen LogP contribution in [-0.2, 0) is 23.9 Å². The van der Waals surface area contributed by atoms with E-state index in [1.54, 1.807) is 30.6 Å². The van der Waals surface area contributed by atoms with Crippen molar-refractivity contribution in [3.05, 3.63) is 0 Å². The molecule has 0 bridgehead atoms. The Balaban J connectivity index is 0.00000562. The van der Waals surface area contributed by atoms with Crippen LogP contribution in [0.25, 0.3) is 0 Å². The molecule has 1 heterocycles. The van der Waals surface area contributed by atoms with Crippen LogP contribution in [0, 0.1) is 0 Å². The number of hydrogen-bond acceptors (Lipinski definition) is 10. The lowest BCUT2D eigenvalue weighted by atomic mass is 10.1. The molecule has 0 amide bonds. The number of Topliss-reactive ketones (excluding diaryl/α,β-unsaturated/α-hetero) is 1. The van der Waals surface area contributed by atoms with E-state index in [1.807, 2.05) is 16.7 Å². The predicted molar refractivity (Wildman–Crippen MR) is 130 cm³/mol. The van der Waals surface area contributed by atoms with Gasteiger partial charge < -0.3 is 20.1 Å². The van der Waals surface area contributed by atoms with Crippen LogP contribution in [0.2, 0.25) is 0 Å². The summed E-state index contributed by atoms with van der Waals surface area (Å²) in [6, 6.07) is -2.40. The molecule has 0 aromatic carbocycles. The number of carbonyl (C=O) groups excluding carboxylic acids is 2. The SMILES string of the molecule is CO.COC(=O)C(C)N1CCN(C(C)C(C)=O)CCN(C(C)C(=O)O)CCN(C(C)C(=O)O)CC1. The average Bonchev–Trinajstić information content (AvgIpc) is 2.83. The number of aliphatic carboxylic acids is 2. The monoisotopic (exact) mass is 504 g/mol. The highest BCUT2D eigenvalue weighted by atomic mass is 16.5. The lowest BCUT2D eigenvalue weighted by molar-refractivity contribution is -0.147. The predicted octanol–water partition coefficient (Wildman–Crippen LogP) is -0.698. The summed E-state index contributed by atoms with van der Waals surface area (Å²) < 4.78 is 4.91. The van der Waals surface area contributed by atoms with Gasteiger partial charge in [-0.05, 0) is 34.6 Å². The van der Waals surface area contributed by atoms with Crippen molar-refractivity contribution in [3.63, 3.8) is 0 Å². The third-order valence-corrected chi connectivity index (χ3v) is 6.73. The number of carbonyl (C=O) groups is 4. The number of methoxy groups -OCH3 is 1. The molecule has 1 saturated heterocycles. The summed E-state index contributed by atoms with van der Waals surface area (Å²) in [6.07, 6.45) is 0. The second-order valence-electron chi connectivity index (χ2n) is 8.66. The Bertz CT molecular complexity index is 656. The van der Waals surface area contributed by atoms with Crippen molar-refractivity contribution in [2.45, 2.75) is 58.8 Å². The number of hydrogen-bond donors (Lipinski definition) is 3. The van der Waals surface area contributed by atoms with E-state index in [0.29, 0.717) is 52.4 Å². The molecule has 12 nitrogen and oxygen atoms in total. The normalized spacial score (nSPS) is 21.1. The van der Waals surface area contributed by atoms with Crippen molar-refractivity contribution < 1.29 is 39.2 Å². The molecule has 0 saturated carbocycles. The fourth-order valence-corrected chi connectivity index (χ4v) is 3.91. The number of esters is 1. The summed E-state index contributed by atoms with van der Waals surface area (Å²) in [7, 11) is 2.33. The van der Waals surface area contributed by atoms with Gasteiger partial charge in [0.15, 0.2) is 0 Å². The molecule has 0 aromatic heterocycles. The van der Waals surface area contributed by atoms with Crippen LogP contribution in [0.15, 0.2) is 0 Å². The van der Waals surface area contributed by atoms with Crippen LogP contribution in [0.1, 0.15) is 34.6 Å². The third-order valence-electron chi connectivity index (χ3n) is 6.73. The largest absolute Gasteiger partial charge is 0.480 e. The van der Waals surface area contributed by atoms with Gasteiger partial charge in [0.25, 0.3) is 0 Å². The molecular weight excluding hydrogens is 460 g/mol. The number of carboxylic acids is 2. The van der Waals surface area contributed by atoms with Crippen molar-refractivity contribution in [3.8, 4) is 0 Å². The van der Waals surface area contributed by atoms with E-state index < -0.39 is 30.1 Å². The topological polar surface area (TPSA) is 151 Å². The first-order valence-electron chi connectivity index (χ1n) is 11.9. The smallest absolute Gasteiger partial charge is 0.322 e. The van der Waals surface area contributed by atoms with Crippen molar-refractivity contribution >= 4 is 23.7 Å². The average molecular weight is 505 g/mol. The Hall–Kier alpha value is -2.12. The summed E-state index contributed by atoms with van der Waals surface area (Å²) in [5.74, 6) is -2.29. The van der Waals surface area contributed by atoms with Gasteiger partial charge in [-0.25, -0.2) is 0 Å². The van der Waals surface area contributed by atoms with Crippen LogP contribution < -0.4 is 0 Å². The molecule has 0 aliphatic carbocycles. The zero-order valence-corrected chi connectivity index (χ0v) is 22.1. The highest BCUT2D eigenvalue weighted by Crippen LogP contribution is 2.11. The maximum Gasteiger partial charge on any atom is 0.322 e. The van der Waals surface area contributed by atoms with Gasteiger partial charge in [-0.15, -0.1) is 0 Å². The Kier molecular flexibility index (Phi) is 15.5. The van der Waals surface area contributed by atoms with E-state index in [4.69, 9.17) is 9.84 Å². The standard InChI is InChI=1S/C22H40N4O7.CH4O/c1-15(19(5)27)23-7-9-24(16(2)20(28)29)10-11-25(17(3)21(30)31)12-14-26(13-8-23)18(4)22(32)33-6;1-2/h15-18H,7-14H2,1-6H3,(H,28,29)(H,30,31);2H,1H3. The van der Waals surface area contributed by atoms with Crippen LogP contribution in [0.5, 0.6) is 0 Å². The number of carboxylic acid groups (broad SMARTS) is 2. The molecule has 1 rings (SSSR count). The first kappa shape index (κ1) is 32.9. The van der Waals surface area contributed by atoms with Crippen molar-refractivity contribution in [1.29, 1.82) is 0 Å². The van der Waals surface area contributed by atoms with Crippen molar-refractivity contribution in [1.82, 2.24) is 19.6 Å². The van der Waals surface area contributed by atoms with Gasteiger partial charge in [0.05, 0.1) is 13.2 Å². The fraction of sp³-hybridized carbons (Fsp3) is 0.826. The van der Waals surface area contributed by atoms with Crippen LogP contribution in [0.4, 0.5) is 0 Å². The highest BCUT2D eigenvalue weighted by molar-refractivity contribution is 5.81. The molecule has 0 radical (unpaired) electrons. The molecule has 0 spiro atoms. The highest BCUT2D eigenvalue weighted by Gasteiger charge is 2.30. The molecule has 1 aliphatic heterocycles. The summed E-state index contributed by atoms with van der Waals surface area (Å²) >= 11 is 0. The van der Waals surface area contributed by atoms with Gasteiger partial charge in [-0.2, -0.15) is 0 Å². The summed E-state index contributed by atoms with van der Waals surface area (Å²) in [6.45, 7) is 11.7. The van der Waals surface area contributed by atoms with Crippen LogP contribution >= 0.6 is 0 Å². The maximum atomic E-state index is 12.2. The van der Waals surface area contributed by atoms with E-state index in [0.717, 1.165) is 7.11 Å².